The number of allylic oxidation sites excluding steroid dienone is 1. The van der Waals surface area contributed by atoms with Crippen molar-refractivity contribution in [3.63, 3.8) is 0 Å². The van der Waals surface area contributed by atoms with E-state index in [0.717, 1.165) is 18.5 Å². The molecule has 1 atom stereocenters. The van der Waals surface area contributed by atoms with Gasteiger partial charge >= 0.3 is 5.97 Å². The molecule has 1 aliphatic heterocycles. The summed E-state index contributed by atoms with van der Waals surface area (Å²) in [6, 6.07) is 8.50. The van der Waals surface area contributed by atoms with Gasteiger partial charge in [-0.25, -0.2) is 9.79 Å². The molecule has 204 valence electrons. The van der Waals surface area contributed by atoms with Gasteiger partial charge in [-0.05, 0) is 100 Å². The average Bonchev–Trinajstić information content (AvgIpc) is 3.21. The number of aromatic nitrogens is 1. The third-order valence-corrected chi connectivity index (χ3v) is 8.49. The number of ether oxygens (including phenoxy) is 4. The molecule has 0 bridgehead atoms. The Kier molecular flexibility index (Phi) is 9.54. The van der Waals surface area contributed by atoms with Crippen molar-refractivity contribution in [3.05, 3.63) is 92.2 Å². The summed E-state index contributed by atoms with van der Waals surface area (Å²) in [6.45, 7) is 7.80. The zero-order chi connectivity index (χ0) is 28.3. The predicted molar refractivity (Wildman–Crippen MR) is 168 cm³/mol. The topological polar surface area (TPSA) is 88.3 Å². The molecule has 0 N–H and O–H groups in total. The highest BCUT2D eigenvalue weighted by Crippen LogP contribution is 2.36. The van der Waals surface area contributed by atoms with Crippen LogP contribution in [-0.4, -0.2) is 38.0 Å². The molecule has 0 spiro atoms. The van der Waals surface area contributed by atoms with Crippen LogP contribution in [0.3, 0.4) is 0 Å². The van der Waals surface area contributed by atoms with Crippen LogP contribution >= 0.6 is 56.5 Å². The molecule has 1 aliphatic rings. The van der Waals surface area contributed by atoms with E-state index < -0.39 is 12.0 Å². The van der Waals surface area contributed by atoms with E-state index in [1.165, 1.54) is 18.4 Å². The van der Waals surface area contributed by atoms with Gasteiger partial charge in [-0.2, -0.15) is 0 Å². The van der Waals surface area contributed by atoms with Crippen LogP contribution in [0.2, 0.25) is 0 Å². The van der Waals surface area contributed by atoms with Crippen molar-refractivity contribution in [1.29, 1.82) is 0 Å². The fourth-order valence-corrected chi connectivity index (χ4v) is 7.40. The molecule has 3 aromatic rings. The van der Waals surface area contributed by atoms with Gasteiger partial charge in [0.2, 0.25) is 0 Å². The molecule has 0 saturated heterocycles. The second-order valence-corrected chi connectivity index (χ2v) is 11.7. The molecular weight excluding hydrogens is 746 g/mol. The first-order chi connectivity index (χ1) is 18.7. The van der Waals surface area contributed by atoms with Crippen molar-refractivity contribution in [2.45, 2.75) is 19.9 Å². The molecule has 1 aromatic heterocycles. The molecule has 0 radical (unpaired) electrons. The van der Waals surface area contributed by atoms with Crippen LogP contribution < -0.4 is 29.1 Å². The number of hydrogen-bond donors (Lipinski definition) is 0. The molecule has 2 aromatic carbocycles. The third kappa shape index (κ3) is 5.94. The Morgan fingerprint density at radius 1 is 1.15 bits per heavy atom. The van der Waals surface area contributed by atoms with E-state index in [1.54, 1.807) is 43.7 Å². The average molecular weight is 772 g/mol. The number of halogens is 2. The zero-order valence-electron chi connectivity index (χ0n) is 21.7. The normalized spacial score (nSPS) is 14.9. The maximum Gasteiger partial charge on any atom is 0.338 e. The lowest BCUT2D eigenvalue weighted by molar-refractivity contribution is -0.139. The summed E-state index contributed by atoms with van der Waals surface area (Å²) in [5, 5.41) is 0. The molecule has 0 fully saturated rings. The summed E-state index contributed by atoms with van der Waals surface area (Å²) in [5.41, 5.74) is 2.06. The summed E-state index contributed by atoms with van der Waals surface area (Å²) in [5.74, 6) is 1.28. The number of nitrogens with zero attached hydrogens (tertiary/aromatic N) is 2. The lowest BCUT2D eigenvalue weighted by Gasteiger charge is -2.25. The minimum Gasteiger partial charge on any atom is -0.493 e. The highest BCUT2D eigenvalue weighted by molar-refractivity contribution is 14.1. The first-order valence-electron chi connectivity index (χ1n) is 11.9. The van der Waals surface area contributed by atoms with Crippen LogP contribution in [0, 0.1) is 7.14 Å². The van der Waals surface area contributed by atoms with Gasteiger partial charge in [0, 0.05) is 0 Å². The number of hydrogen-bond acceptors (Lipinski definition) is 8. The summed E-state index contributed by atoms with van der Waals surface area (Å²) >= 11 is 5.71. The number of methoxy groups -OCH3 is 2. The molecule has 0 amide bonds. The number of carbonyl (C=O) groups is 1. The van der Waals surface area contributed by atoms with Gasteiger partial charge in [0.25, 0.3) is 5.56 Å². The maximum atomic E-state index is 13.9. The van der Waals surface area contributed by atoms with Crippen molar-refractivity contribution < 1.29 is 23.7 Å². The first kappa shape index (κ1) is 29.3. The lowest BCUT2D eigenvalue weighted by Crippen LogP contribution is -2.40. The summed E-state index contributed by atoms with van der Waals surface area (Å²) in [7, 11) is 3.09. The zero-order valence-corrected chi connectivity index (χ0v) is 26.9. The Labute approximate surface area is 256 Å². The van der Waals surface area contributed by atoms with Crippen molar-refractivity contribution in [3.8, 4) is 17.2 Å². The van der Waals surface area contributed by atoms with E-state index in [9.17, 15) is 9.59 Å². The minimum atomic E-state index is -0.753. The number of esters is 1. The molecule has 39 heavy (non-hydrogen) atoms. The van der Waals surface area contributed by atoms with Gasteiger partial charge in [0.05, 0.1) is 49.8 Å². The molecule has 0 aliphatic carbocycles. The van der Waals surface area contributed by atoms with Gasteiger partial charge in [0.15, 0.2) is 16.3 Å². The molecular formula is C28H26I2N2O6S. The Balaban J connectivity index is 1.92. The molecule has 4 rings (SSSR count). The minimum absolute atomic E-state index is 0.197. The highest BCUT2D eigenvalue weighted by Gasteiger charge is 2.34. The van der Waals surface area contributed by atoms with Gasteiger partial charge in [-0.3, -0.25) is 9.36 Å². The lowest BCUT2D eigenvalue weighted by atomic mass is 9.95. The monoisotopic (exact) mass is 772 g/mol. The fourth-order valence-electron chi connectivity index (χ4n) is 4.22. The maximum absolute atomic E-state index is 13.9. The van der Waals surface area contributed by atoms with Crippen molar-refractivity contribution >= 4 is 68.6 Å². The predicted octanol–water partition coefficient (Wildman–Crippen LogP) is 4.59. The number of rotatable bonds is 9. The van der Waals surface area contributed by atoms with Crippen molar-refractivity contribution in [1.82, 2.24) is 4.57 Å². The fraction of sp³-hybridized carbons (Fsp3) is 0.250. The number of fused-ring (bicyclic) bond motifs is 1. The molecule has 2 heterocycles. The van der Waals surface area contributed by atoms with Gasteiger partial charge in [0.1, 0.15) is 12.4 Å². The number of carbonyl (C=O) groups excluding carboxylic acids is 1. The highest BCUT2D eigenvalue weighted by atomic mass is 127. The van der Waals surface area contributed by atoms with E-state index in [-0.39, 0.29) is 12.2 Å². The van der Waals surface area contributed by atoms with E-state index in [1.807, 2.05) is 24.3 Å². The number of benzene rings is 2. The number of thiazole rings is 1. The van der Waals surface area contributed by atoms with E-state index >= 15 is 0 Å². The van der Waals surface area contributed by atoms with Gasteiger partial charge in [-0.1, -0.05) is 30.1 Å². The first-order valence-corrected chi connectivity index (χ1v) is 14.9. The Hall–Kier alpha value is -2.65. The van der Waals surface area contributed by atoms with Crippen molar-refractivity contribution in [2.75, 3.05) is 27.4 Å². The summed E-state index contributed by atoms with van der Waals surface area (Å²) in [6.07, 6.45) is 3.53. The largest absolute Gasteiger partial charge is 0.493 e. The SMILES string of the molecule is C=CCOc1c(I)cc(/C=c2\sc3n(c2=O)[C@@H](c2ccc(OC)c(OC)c2)C(C(=O)OCC)=C(C)N=3)cc1I. The van der Waals surface area contributed by atoms with Crippen LogP contribution in [0.1, 0.15) is 31.0 Å². The van der Waals surface area contributed by atoms with Crippen LogP contribution in [0.15, 0.2) is 64.0 Å². The van der Waals surface area contributed by atoms with Crippen LogP contribution in [0.4, 0.5) is 0 Å². The third-order valence-electron chi connectivity index (χ3n) is 5.90. The van der Waals surface area contributed by atoms with Gasteiger partial charge in [-0.15, -0.1) is 0 Å². The molecule has 0 saturated carbocycles. The quantitative estimate of drug-likeness (QED) is 0.180. The Bertz CT molecular complexity index is 1630. The van der Waals surface area contributed by atoms with Crippen molar-refractivity contribution in [2.24, 2.45) is 4.99 Å². The van der Waals surface area contributed by atoms with E-state index in [2.05, 4.69) is 56.8 Å². The van der Waals surface area contributed by atoms with Crippen LogP contribution in [0.5, 0.6) is 17.2 Å². The smallest absolute Gasteiger partial charge is 0.338 e. The summed E-state index contributed by atoms with van der Waals surface area (Å²) in [4.78, 5) is 32.2. The molecule has 0 unspecified atom stereocenters. The Morgan fingerprint density at radius 3 is 2.46 bits per heavy atom. The van der Waals surface area contributed by atoms with Crippen LogP contribution in [-0.2, 0) is 9.53 Å². The molecule has 11 heteroatoms. The second-order valence-electron chi connectivity index (χ2n) is 8.33. The van der Waals surface area contributed by atoms with E-state index in [0.29, 0.717) is 44.3 Å². The molecule has 8 nitrogen and oxygen atoms in total. The Morgan fingerprint density at radius 2 is 1.85 bits per heavy atom. The summed E-state index contributed by atoms with van der Waals surface area (Å²) < 4.78 is 25.9. The van der Waals surface area contributed by atoms with Crippen LogP contribution in [0.25, 0.3) is 6.08 Å². The second kappa shape index (κ2) is 12.7. The standard InChI is InChI=1S/C28H26I2N2O6S/c1-6-10-38-25-18(29)11-16(12-19(25)30)13-22-26(33)32-24(17-8-9-20(35-4)21(14-17)36-5)23(27(34)37-7-2)15(3)31-28(32)39-22/h6,8-9,11-14,24H,1,7,10H2,2-5H3/b22-13-/t24-/m0/s1. The van der Waals surface area contributed by atoms with E-state index in [4.69, 9.17) is 18.9 Å². The van der Waals surface area contributed by atoms with Gasteiger partial charge < -0.3 is 18.9 Å².